The summed E-state index contributed by atoms with van der Waals surface area (Å²) in [6, 6.07) is 6.68. The monoisotopic (exact) mass is 374 g/mol. The molecule has 2 fully saturated rings. The van der Waals surface area contributed by atoms with Crippen molar-refractivity contribution in [3.63, 3.8) is 0 Å². The summed E-state index contributed by atoms with van der Waals surface area (Å²) in [5.74, 6) is -0.197. The van der Waals surface area contributed by atoms with Gasteiger partial charge in [-0.25, -0.2) is 4.79 Å². The van der Waals surface area contributed by atoms with Gasteiger partial charge in [-0.05, 0) is 31.0 Å². The first-order chi connectivity index (χ1) is 13.0. The van der Waals surface area contributed by atoms with Crippen molar-refractivity contribution < 1.29 is 19.4 Å². The van der Waals surface area contributed by atoms with Crippen molar-refractivity contribution in [3.05, 3.63) is 29.8 Å². The van der Waals surface area contributed by atoms with Gasteiger partial charge in [0.2, 0.25) is 5.91 Å². The molecule has 1 unspecified atom stereocenters. The van der Waals surface area contributed by atoms with Gasteiger partial charge in [-0.3, -0.25) is 9.79 Å². The van der Waals surface area contributed by atoms with E-state index in [0.29, 0.717) is 44.4 Å². The van der Waals surface area contributed by atoms with Crippen LogP contribution in [0.1, 0.15) is 30.1 Å². The zero-order valence-corrected chi connectivity index (χ0v) is 15.6. The van der Waals surface area contributed by atoms with Gasteiger partial charge in [0.05, 0.1) is 18.2 Å². The Balaban J connectivity index is 1.73. The van der Waals surface area contributed by atoms with Crippen LogP contribution < -0.4 is 5.32 Å². The number of hydrogen-bond acceptors (Lipinski definition) is 4. The maximum absolute atomic E-state index is 11.6. The number of nitrogens with one attached hydrogen (secondary N) is 1. The van der Waals surface area contributed by atoms with Crippen LogP contribution in [0.15, 0.2) is 29.3 Å². The molecule has 1 atom stereocenters. The fourth-order valence-electron chi connectivity index (χ4n) is 3.29. The van der Waals surface area contributed by atoms with E-state index in [2.05, 4.69) is 10.2 Å². The van der Waals surface area contributed by atoms with Crippen molar-refractivity contribution in [2.45, 2.75) is 25.9 Å². The van der Waals surface area contributed by atoms with E-state index in [1.54, 1.807) is 25.1 Å². The van der Waals surface area contributed by atoms with Crippen LogP contribution in [-0.2, 0) is 9.53 Å². The molecule has 1 aromatic rings. The number of piperazine rings is 1. The molecule has 8 nitrogen and oxygen atoms in total. The predicted octanol–water partition coefficient (Wildman–Crippen LogP) is 1.50. The van der Waals surface area contributed by atoms with Crippen molar-refractivity contribution in [2.24, 2.45) is 4.99 Å². The van der Waals surface area contributed by atoms with Gasteiger partial charge in [0, 0.05) is 45.4 Å². The molecule has 27 heavy (non-hydrogen) atoms. The van der Waals surface area contributed by atoms with Crippen LogP contribution in [0.2, 0.25) is 0 Å². The molecule has 0 bridgehead atoms. The van der Waals surface area contributed by atoms with Gasteiger partial charge in [-0.15, -0.1) is 0 Å². The molecule has 0 aromatic heterocycles. The topological polar surface area (TPSA) is 94.5 Å². The molecule has 0 radical (unpaired) electrons. The molecule has 3 rings (SSSR count). The molecular formula is C19H26N4O4. The van der Waals surface area contributed by atoms with Gasteiger partial charge in [0.25, 0.3) is 0 Å². The molecule has 1 amide bonds. The number of benzene rings is 1. The van der Waals surface area contributed by atoms with Crippen LogP contribution >= 0.6 is 0 Å². The Bertz CT molecular complexity index is 707. The van der Waals surface area contributed by atoms with E-state index in [-0.39, 0.29) is 17.6 Å². The Morgan fingerprint density at radius 3 is 2.63 bits per heavy atom. The number of carbonyl (C=O) groups is 2. The van der Waals surface area contributed by atoms with E-state index in [4.69, 9.17) is 9.73 Å². The van der Waals surface area contributed by atoms with Crippen LogP contribution in [0.4, 0.5) is 5.69 Å². The van der Waals surface area contributed by atoms with E-state index < -0.39 is 5.97 Å². The van der Waals surface area contributed by atoms with Gasteiger partial charge < -0.3 is 25.0 Å². The van der Waals surface area contributed by atoms with Crippen LogP contribution in [0.5, 0.6) is 0 Å². The first-order valence-electron chi connectivity index (χ1n) is 9.30. The van der Waals surface area contributed by atoms with Gasteiger partial charge in [0.15, 0.2) is 5.96 Å². The van der Waals surface area contributed by atoms with Crippen LogP contribution in [0.25, 0.3) is 0 Å². The van der Waals surface area contributed by atoms with Gasteiger partial charge in [0.1, 0.15) is 0 Å². The summed E-state index contributed by atoms with van der Waals surface area (Å²) in [7, 11) is 0. The normalized spacial score (nSPS) is 20.6. The molecule has 2 N–H and O–H groups in total. The second-order valence-corrected chi connectivity index (χ2v) is 6.80. The number of amides is 1. The lowest BCUT2D eigenvalue weighted by Gasteiger charge is -2.36. The molecule has 0 saturated carbocycles. The standard InChI is InChI=1S/C19H26N4O4/c1-14(24)22-7-9-23(10-8-22)19(20-13-17-6-3-11-27-17)21-16-5-2-4-15(12-16)18(25)26/h2,4-5,12,17H,3,6-11,13H2,1H3,(H,20,21)(H,25,26). The van der Waals surface area contributed by atoms with E-state index in [1.165, 1.54) is 0 Å². The average molecular weight is 374 g/mol. The lowest BCUT2D eigenvalue weighted by molar-refractivity contribution is -0.130. The second kappa shape index (κ2) is 8.85. The summed E-state index contributed by atoms with van der Waals surface area (Å²) in [4.78, 5) is 31.4. The van der Waals surface area contributed by atoms with Crippen molar-refractivity contribution in [1.82, 2.24) is 9.80 Å². The quantitative estimate of drug-likeness (QED) is 0.613. The number of aliphatic imine (C=N–C) groups is 1. The average Bonchev–Trinajstić information content (AvgIpc) is 3.19. The Morgan fingerprint density at radius 1 is 1.26 bits per heavy atom. The zero-order valence-electron chi connectivity index (χ0n) is 15.6. The Labute approximate surface area is 158 Å². The summed E-state index contributed by atoms with van der Waals surface area (Å²) in [6.07, 6.45) is 2.19. The number of nitrogens with zero attached hydrogens (tertiary/aromatic N) is 3. The van der Waals surface area contributed by atoms with Crippen LogP contribution in [0.3, 0.4) is 0 Å². The highest BCUT2D eigenvalue weighted by molar-refractivity contribution is 5.96. The van der Waals surface area contributed by atoms with E-state index in [0.717, 1.165) is 19.4 Å². The molecule has 0 aliphatic carbocycles. The predicted molar refractivity (Wildman–Crippen MR) is 102 cm³/mol. The fourth-order valence-corrected chi connectivity index (χ4v) is 3.29. The third-order valence-corrected chi connectivity index (χ3v) is 4.86. The third-order valence-electron chi connectivity index (χ3n) is 4.86. The van der Waals surface area contributed by atoms with Crippen LogP contribution in [-0.4, -0.2) is 78.2 Å². The number of ether oxygens (including phenoxy) is 1. The molecule has 2 aliphatic rings. The molecule has 1 aromatic carbocycles. The lowest BCUT2D eigenvalue weighted by atomic mass is 10.2. The van der Waals surface area contributed by atoms with Gasteiger partial charge >= 0.3 is 5.97 Å². The number of carboxylic acids is 1. The zero-order chi connectivity index (χ0) is 19.2. The number of carboxylic acid groups (broad SMARTS) is 1. The summed E-state index contributed by atoms with van der Waals surface area (Å²) >= 11 is 0. The maximum Gasteiger partial charge on any atom is 0.335 e. The van der Waals surface area contributed by atoms with Gasteiger partial charge in [-0.1, -0.05) is 6.07 Å². The Hall–Kier alpha value is -2.61. The molecule has 2 heterocycles. The number of hydrogen-bond donors (Lipinski definition) is 2. The van der Waals surface area contributed by atoms with Crippen molar-refractivity contribution in [2.75, 3.05) is 44.6 Å². The minimum Gasteiger partial charge on any atom is -0.478 e. The number of guanidine groups is 1. The fraction of sp³-hybridized carbons (Fsp3) is 0.526. The first-order valence-corrected chi connectivity index (χ1v) is 9.30. The summed E-state index contributed by atoms with van der Waals surface area (Å²) in [6.45, 7) is 5.56. The highest BCUT2D eigenvalue weighted by atomic mass is 16.5. The molecule has 8 heteroatoms. The highest BCUT2D eigenvalue weighted by Crippen LogP contribution is 2.15. The van der Waals surface area contributed by atoms with Crippen molar-refractivity contribution >= 4 is 23.5 Å². The van der Waals surface area contributed by atoms with Crippen LogP contribution in [0, 0.1) is 0 Å². The number of aromatic carboxylic acids is 1. The minimum atomic E-state index is -0.966. The van der Waals surface area contributed by atoms with E-state index in [1.807, 2.05) is 11.0 Å². The first kappa shape index (κ1) is 19.2. The van der Waals surface area contributed by atoms with E-state index in [9.17, 15) is 14.7 Å². The summed E-state index contributed by atoms with van der Waals surface area (Å²) < 4.78 is 5.66. The second-order valence-electron chi connectivity index (χ2n) is 6.80. The van der Waals surface area contributed by atoms with Crippen molar-refractivity contribution in [1.29, 1.82) is 0 Å². The van der Waals surface area contributed by atoms with E-state index >= 15 is 0 Å². The molecule has 0 spiro atoms. The van der Waals surface area contributed by atoms with Crippen molar-refractivity contribution in [3.8, 4) is 0 Å². The Kier molecular flexibility index (Phi) is 6.28. The smallest absolute Gasteiger partial charge is 0.335 e. The highest BCUT2D eigenvalue weighted by Gasteiger charge is 2.22. The molecule has 2 saturated heterocycles. The third kappa shape index (κ3) is 5.19. The Morgan fingerprint density at radius 2 is 2.00 bits per heavy atom. The number of carbonyl (C=O) groups excluding carboxylic acids is 1. The number of rotatable bonds is 4. The SMILES string of the molecule is CC(=O)N1CCN(C(=NCC2CCCO2)Nc2cccc(C(=O)O)c2)CC1. The lowest BCUT2D eigenvalue weighted by Crippen LogP contribution is -2.51. The number of anilines is 1. The summed E-state index contributed by atoms with van der Waals surface area (Å²) in [5, 5.41) is 12.5. The molecule has 146 valence electrons. The molecular weight excluding hydrogens is 348 g/mol. The minimum absolute atomic E-state index is 0.0783. The largest absolute Gasteiger partial charge is 0.478 e. The van der Waals surface area contributed by atoms with Gasteiger partial charge in [-0.2, -0.15) is 0 Å². The molecule has 2 aliphatic heterocycles. The maximum atomic E-state index is 11.6. The summed E-state index contributed by atoms with van der Waals surface area (Å²) in [5.41, 5.74) is 0.898.